The lowest BCUT2D eigenvalue weighted by atomic mass is 10.2. The van der Waals surface area contributed by atoms with Gasteiger partial charge in [-0.3, -0.25) is 4.79 Å². The molecule has 3 heteroatoms. The van der Waals surface area contributed by atoms with Crippen LogP contribution in [0.25, 0.3) is 0 Å². The first-order valence-electron chi connectivity index (χ1n) is 2.51. The van der Waals surface area contributed by atoms with E-state index in [9.17, 15) is 4.79 Å². The molecule has 1 aromatic heterocycles. The molecule has 0 amide bonds. The molecule has 0 unspecified atom stereocenters. The van der Waals surface area contributed by atoms with Crippen LogP contribution in [-0.2, 0) is 4.79 Å². The maximum absolute atomic E-state index is 10.00. The second-order valence-corrected chi connectivity index (χ2v) is 1.66. The molecule has 0 fully saturated rings. The first kappa shape index (κ1) is 5.88. The monoisotopic (exact) mass is 121 g/mol. The van der Waals surface area contributed by atoms with Gasteiger partial charge in [-0.15, -0.1) is 5.10 Å². The molecule has 0 spiro atoms. The van der Waals surface area contributed by atoms with E-state index in [0.29, 0.717) is 0 Å². The Morgan fingerprint density at radius 2 is 2.44 bits per heavy atom. The van der Waals surface area contributed by atoms with E-state index in [1.807, 2.05) is 0 Å². The minimum Gasteiger partial charge on any atom is -0.283 e. The zero-order chi connectivity index (χ0) is 6.69. The SMILES string of the molecule is Cc1ccnnc1[C]=O. The van der Waals surface area contributed by atoms with Crippen LogP contribution in [0.15, 0.2) is 12.3 Å². The summed E-state index contributed by atoms with van der Waals surface area (Å²) in [5, 5.41) is 7.03. The zero-order valence-corrected chi connectivity index (χ0v) is 4.96. The molecule has 0 atom stereocenters. The van der Waals surface area contributed by atoms with E-state index in [4.69, 9.17) is 0 Å². The largest absolute Gasteiger partial charge is 0.283 e. The van der Waals surface area contributed by atoms with Crippen LogP contribution >= 0.6 is 0 Å². The lowest BCUT2D eigenvalue weighted by Crippen LogP contribution is -1.92. The van der Waals surface area contributed by atoms with E-state index < -0.39 is 0 Å². The third kappa shape index (κ3) is 1.10. The lowest BCUT2D eigenvalue weighted by Gasteiger charge is -1.89. The Bertz CT molecular complexity index is 222. The Morgan fingerprint density at radius 3 is 2.89 bits per heavy atom. The van der Waals surface area contributed by atoms with Crippen molar-refractivity contribution in [3.63, 3.8) is 0 Å². The molecule has 0 aromatic carbocycles. The maximum Gasteiger partial charge on any atom is 0.255 e. The first-order chi connectivity index (χ1) is 4.34. The van der Waals surface area contributed by atoms with Gasteiger partial charge >= 0.3 is 0 Å². The Balaban J connectivity index is 3.15. The number of rotatable bonds is 1. The van der Waals surface area contributed by atoms with Crippen LogP contribution in [0.4, 0.5) is 0 Å². The third-order valence-corrected chi connectivity index (χ3v) is 1.02. The molecule has 0 aliphatic heterocycles. The average Bonchev–Trinajstić information content (AvgIpc) is 1.89. The van der Waals surface area contributed by atoms with Crippen molar-refractivity contribution in [1.29, 1.82) is 0 Å². The zero-order valence-electron chi connectivity index (χ0n) is 4.96. The summed E-state index contributed by atoms with van der Waals surface area (Å²) < 4.78 is 0. The molecular weight excluding hydrogens is 116 g/mol. The molecular formula is C6H5N2O. The van der Waals surface area contributed by atoms with Crippen molar-refractivity contribution < 1.29 is 4.79 Å². The molecule has 1 rings (SSSR count). The summed E-state index contributed by atoms with van der Waals surface area (Å²) in [5.74, 6) is 0. The molecule has 1 radical (unpaired) electrons. The van der Waals surface area contributed by atoms with E-state index in [0.717, 1.165) is 5.56 Å². The second kappa shape index (κ2) is 2.35. The van der Waals surface area contributed by atoms with Crippen molar-refractivity contribution in [3.8, 4) is 0 Å². The summed E-state index contributed by atoms with van der Waals surface area (Å²) in [4.78, 5) is 10.00. The summed E-state index contributed by atoms with van der Waals surface area (Å²) in [6.45, 7) is 1.79. The highest BCUT2D eigenvalue weighted by atomic mass is 16.1. The van der Waals surface area contributed by atoms with Crippen LogP contribution < -0.4 is 0 Å². The topological polar surface area (TPSA) is 42.9 Å². The Labute approximate surface area is 52.7 Å². The number of hydrogen-bond acceptors (Lipinski definition) is 3. The summed E-state index contributed by atoms with van der Waals surface area (Å²) >= 11 is 0. The van der Waals surface area contributed by atoms with Gasteiger partial charge < -0.3 is 0 Å². The van der Waals surface area contributed by atoms with Crippen molar-refractivity contribution in [2.45, 2.75) is 6.92 Å². The van der Waals surface area contributed by atoms with Gasteiger partial charge in [-0.25, -0.2) is 0 Å². The van der Waals surface area contributed by atoms with Crippen LogP contribution in [0.2, 0.25) is 0 Å². The molecule has 0 saturated heterocycles. The lowest BCUT2D eigenvalue weighted by molar-refractivity contribution is 0.560. The number of aryl methyl sites for hydroxylation is 1. The molecule has 1 aromatic rings. The van der Waals surface area contributed by atoms with Gasteiger partial charge in [0.05, 0.1) is 0 Å². The minimum absolute atomic E-state index is 0.289. The second-order valence-electron chi connectivity index (χ2n) is 1.66. The van der Waals surface area contributed by atoms with Crippen LogP contribution in [0.3, 0.4) is 0 Å². The Hall–Kier alpha value is -1.25. The fourth-order valence-electron chi connectivity index (χ4n) is 0.495. The summed E-state index contributed by atoms with van der Waals surface area (Å²) in [6.07, 6.45) is 3.21. The van der Waals surface area contributed by atoms with E-state index in [1.54, 1.807) is 19.3 Å². The van der Waals surface area contributed by atoms with Gasteiger partial charge in [0.15, 0.2) is 0 Å². The van der Waals surface area contributed by atoms with Gasteiger partial charge in [0, 0.05) is 6.20 Å². The van der Waals surface area contributed by atoms with Crippen molar-refractivity contribution >= 4 is 6.29 Å². The highest BCUT2D eigenvalue weighted by molar-refractivity contribution is 5.73. The first-order valence-corrected chi connectivity index (χ1v) is 2.51. The number of carbonyl (C=O) groups excluding carboxylic acids is 1. The van der Waals surface area contributed by atoms with Gasteiger partial charge in [-0.05, 0) is 18.6 Å². The predicted molar refractivity (Wildman–Crippen MR) is 31.6 cm³/mol. The highest BCUT2D eigenvalue weighted by Gasteiger charge is 1.95. The summed E-state index contributed by atoms with van der Waals surface area (Å²) in [5.41, 5.74) is 1.09. The van der Waals surface area contributed by atoms with Crippen LogP contribution in [0, 0.1) is 6.92 Å². The molecule has 1 heterocycles. The molecule has 0 aliphatic rings. The molecule has 3 nitrogen and oxygen atoms in total. The Morgan fingerprint density at radius 1 is 1.67 bits per heavy atom. The van der Waals surface area contributed by atoms with E-state index in [-0.39, 0.29) is 5.69 Å². The quantitative estimate of drug-likeness (QED) is 0.534. The normalized spacial score (nSPS) is 9.00. The minimum atomic E-state index is 0.289. The van der Waals surface area contributed by atoms with E-state index in [1.165, 1.54) is 6.20 Å². The predicted octanol–water partition coefficient (Wildman–Crippen LogP) is 0.243. The fourth-order valence-corrected chi connectivity index (χ4v) is 0.495. The van der Waals surface area contributed by atoms with E-state index >= 15 is 0 Å². The smallest absolute Gasteiger partial charge is 0.255 e. The molecule has 0 bridgehead atoms. The number of aromatic nitrogens is 2. The van der Waals surface area contributed by atoms with Gasteiger partial charge in [-0.2, -0.15) is 5.10 Å². The third-order valence-electron chi connectivity index (χ3n) is 1.02. The van der Waals surface area contributed by atoms with Gasteiger partial charge in [0.2, 0.25) is 0 Å². The van der Waals surface area contributed by atoms with Crippen molar-refractivity contribution in [2.24, 2.45) is 0 Å². The molecule has 0 aliphatic carbocycles. The highest BCUT2D eigenvalue weighted by Crippen LogP contribution is 1.95. The maximum atomic E-state index is 10.00. The van der Waals surface area contributed by atoms with Crippen molar-refractivity contribution in [2.75, 3.05) is 0 Å². The van der Waals surface area contributed by atoms with Gasteiger partial charge in [0.25, 0.3) is 6.29 Å². The number of hydrogen-bond donors (Lipinski definition) is 0. The molecule has 9 heavy (non-hydrogen) atoms. The summed E-state index contributed by atoms with van der Waals surface area (Å²) in [7, 11) is 0. The molecule has 0 N–H and O–H groups in total. The van der Waals surface area contributed by atoms with E-state index in [2.05, 4.69) is 10.2 Å². The summed E-state index contributed by atoms with van der Waals surface area (Å²) in [6, 6.07) is 1.72. The van der Waals surface area contributed by atoms with Crippen molar-refractivity contribution in [1.82, 2.24) is 10.2 Å². The van der Waals surface area contributed by atoms with Crippen LogP contribution in [0.5, 0.6) is 0 Å². The molecule has 0 saturated carbocycles. The molecule has 45 valence electrons. The van der Waals surface area contributed by atoms with Crippen LogP contribution in [0.1, 0.15) is 11.3 Å². The standard InChI is InChI=1S/C6H5N2O/c1-5-2-3-7-8-6(5)4-9/h2-3H,1H3. The fraction of sp³-hybridized carbons (Fsp3) is 0.167. The van der Waals surface area contributed by atoms with Crippen molar-refractivity contribution in [3.05, 3.63) is 23.5 Å². The number of nitrogens with zero attached hydrogens (tertiary/aromatic N) is 2. The Kier molecular flexibility index (Phi) is 1.53. The van der Waals surface area contributed by atoms with Gasteiger partial charge in [-0.1, -0.05) is 0 Å². The van der Waals surface area contributed by atoms with Gasteiger partial charge in [0.1, 0.15) is 5.69 Å². The average molecular weight is 121 g/mol. The van der Waals surface area contributed by atoms with Crippen LogP contribution in [-0.4, -0.2) is 16.5 Å².